The number of nitrogens with one attached hydrogen (secondary N) is 2. The molecule has 3 N–H and O–H groups in total. The average molecular weight is 438 g/mol. The van der Waals surface area contributed by atoms with Crippen LogP contribution in [-0.4, -0.2) is 47.4 Å². The molecular weight excluding hydrogens is 416 g/mol. The van der Waals surface area contributed by atoms with Gasteiger partial charge in [-0.15, -0.1) is 0 Å². The van der Waals surface area contributed by atoms with E-state index in [-0.39, 0.29) is 0 Å². The molecule has 2 heterocycles. The van der Waals surface area contributed by atoms with Crippen molar-refractivity contribution in [3.63, 3.8) is 0 Å². The number of hydrogen-bond acceptors (Lipinski definition) is 5. The summed E-state index contributed by atoms with van der Waals surface area (Å²) < 4.78 is 5.53. The maximum absolute atomic E-state index is 11.8. The van der Waals surface area contributed by atoms with Gasteiger partial charge in [-0.1, -0.05) is 42.2 Å². The number of hydroxylamine groups is 1. The van der Waals surface area contributed by atoms with Gasteiger partial charge >= 0.3 is 0 Å². The van der Waals surface area contributed by atoms with E-state index < -0.39 is 5.91 Å². The Kier molecular flexibility index (Phi) is 5.77. The summed E-state index contributed by atoms with van der Waals surface area (Å²) in [6.07, 6.45) is 0. The zero-order valence-corrected chi connectivity index (χ0v) is 17.8. The highest BCUT2D eigenvalue weighted by Crippen LogP contribution is 2.29. The van der Waals surface area contributed by atoms with E-state index in [1.54, 1.807) is 23.7 Å². The number of anilines is 1. The van der Waals surface area contributed by atoms with Gasteiger partial charge in [0.2, 0.25) is 0 Å². The minimum absolute atomic E-state index is 0.346. The number of aromatic nitrogens is 2. The van der Waals surface area contributed by atoms with E-state index in [1.165, 1.54) is 0 Å². The first-order chi connectivity index (χ1) is 16.2. The molecule has 7 heteroatoms. The molecule has 0 aliphatic carbocycles. The van der Waals surface area contributed by atoms with Gasteiger partial charge in [0.1, 0.15) is 5.82 Å². The topological polar surface area (TPSA) is 90.5 Å². The third kappa shape index (κ3) is 4.44. The van der Waals surface area contributed by atoms with E-state index in [0.29, 0.717) is 24.6 Å². The van der Waals surface area contributed by atoms with Gasteiger partial charge in [-0.05, 0) is 36.4 Å². The molecule has 1 amide bonds. The molecule has 0 radical (unpaired) electrons. The second kappa shape index (κ2) is 9.17. The third-order valence-electron chi connectivity index (χ3n) is 5.57. The maximum Gasteiger partial charge on any atom is 0.274 e. The molecule has 1 saturated heterocycles. The molecule has 0 bridgehead atoms. The minimum Gasteiger partial charge on any atom is -0.378 e. The molecule has 0 unspecified atom stereocenters. The Bertz CT molecular complexity index is 1360. The Morgan fingerprint density at radius 2 is 1.85 bits per heavy atom. The van der Waals surface area contributed by atoms with Crippen molar-refractivity contribution >= 4 is 22.6 Å². The molecule has 33 heavy (non-hydrogen) atoms. The lowest BCUT2D eigenvalue weighted by atomic mass is 10.1. The van der Waals surface area contributed by atoms with Crippen LogP contribution in [0.1, 0.15) is 21.5 Å². The predicted molar refractivity (Wildman–Crippen MR) is 126 cm³/mol. The SMILES string of the molecule is O=C(NO)c1cccc(-c2nc3cc(N4CCOCC4)c(C#Cc4ccccc4)cc3[nH]2)c1. The number of amides is 1. The number of fused-ring (bicyclic) bond motifs is 1. The molecule has 5 rings (SSSR count). The van der Waals surface area contributed by atoms with Crippen molar-refractivity contribution in [2.24, 2.45) is 0 Å². The van der Waals surface area contributed by atoms with Gasteiger partial charge in [-0.2, -0.15) is 0 Å². The number of carbonyl (C=O) groups excluding carboxylic acids is 1. The highest BCUT2D eigenvalue weighted by atomic mass is 16.5. The number of aromatic amines is 1. The van der Waals surface area contributed by atoms with Crippen molar-refractivity contribution in [3.05, 3.63) is 83.4 Å². The molecular formula is C26H22N4O3. The van der Waals surface area contributed by atoms with Crippen LogP contribution in [0.25, 0.3) is 22.4 Å². The maximum atomic E-state index is 11.8. The zero-order valence-electron chi connectivity index (χ0n) is 17.8. The zero-order chi connectivity index (χ0) is 22.6. The normalized spacial score (nSPS) is 13.4. The predicted octanol–water partition coefficient (Wildman–Crippen LogP) is 3.59. The highest BCUT2D eigenvalue weighted by Gasteiger charge is 2.17. The number of benzene rings is 3. The number of morpholine rings is 1. The van der Waals surface area contributed by atoms with E-state index in [4.69, 9.17) is 14.9 Å². The number of ether oxygens (including phenoxy) is 1. The lowest BCUT2D eigenvalue weighted by Crippen LogP contribution is -2.36. The van der Waals surface area contributed by atoms with Crippen molar-refractivity contribution in [2.75, 3.05) is 31.2 Å². The molecule has 1 aliphatic heterocycles. The van der Waals surface area contributed by atoms with Crippen molar-refractivity contribution in [3.8, 4) is 23.2 Å². The summed E-state index contributed by atoms with van der Waals surface area (Å²) in [6, 6.07) is 20.9. The first-order valence-electron chi connectivity index (χ1n) is 10.7. The van der Waals surface area contributed by atoms with Crippen LogP contribution in [0.2, 0.25) is 0 Å². The second-order valence-electron chi connectivity index (χ2n) is 7.71. The minimum atomic E-state index is -0.568. The van der Waals surface area contributed by atoms with E-state index in [9.17, 15) is 4.79 Å². The third-order valence-corrected chi connectivity index (χ3v) is 5.57. The number of imidazole rings is 1. The Morgan fingerprint density at radius 3 is 2.64 bits per heavy atom. The van der Waals surface area contributed by atoms with Crippen LogP contribution >= 0.6 is 0 Å². The van der Waals surface area contributed by atoms with Gasteiger partial charge in [0.15, 0.2) is 0 Å². The van der Waals surface area contributed by atoms with Gasteiger partial charge in [0.25, 0.3) is 5.91 Å². The molecule has 0 atom stereocenters. The quantitative estimate of drug-likeness (QED) is 0.258. The van der Waals surface area contributed by atoms with Crippen LogP contribution in [0.15, 0.2) is 66.7 Å². The lowest BCUT2D eigenvalue weighted by Gasteiger charge is -2.29. The Labute approximate surface area is 191 Å². The summed E-state index contributed by atoms with van der Waals surface area (Å²) in [4.78, 5) is 22.2. The number of H-pyrrole nitrogens is 1. The summed E-state index contributed by atoms with van der Waals surface area (Å²) in [6.45, 7) is 2.94. The Morgan fingerprint density at radius 1 is 1.03 bits per heavy atom. The first-order valence-corrected chi connectivity index (χ1v) is 10.7. The second-order valence-corrected chi connectivity index (χ2v) is 7.71. The fourth-order valence-electron chi connectivity index (χ4n) is 3.88. The average Bonchev–Trinajstić information content (AvgIpc) is 3.31. The van der Waals surface area contributed by atoms with Crippen LogP contribution in [0.5, 0.6) is 0 Å². The lowest BCUT2D eigenvalue weighted by molar-refractivity contribution is 0.0706. The fraction of sp³-hybridized carbons (Fsp3) is 0.154. The summed E-state index contributed by atoms with van der Waals surface area (Å²) in [7, 11) is 0. The van der Waals surface area contributed by atoms with Crippen molar-refractivity contribution < 1.29 is 14.7 Å². The molecule has 0 saturated carbocycles. The van der Waals surface area contributed by atoms with Gasteiger partial charge in [0.05, 0.1) is 35.5 Å². The summed E-state index contributed by atoms with van der Waals surface area (Å²) in [5.74, 6) is 6.67. The van der Waals surface area contributed by atoms with Crippen LogP contribution < -0.4 is 10.4 Å². The van der Waals surface area contributed by atoms with E-state index >= 15 is 0 Å². The van der Waals surface area contributed by atoms with Crippen molar-refractivity contribution in [2.45, 2.75) is 0 Å². The fourth-order valence-corrected chi connectivity index (χ4v) is 3.88. The molecule has 1 fully saturated rings. The standard InChI is InChI=1S/C26H22N4O3/c31-26(29-32)21-8-4-7-20(15-21)25-27-22-16-19(10-9-18-5-2-1-3-6-18)24(17-23(22)28-25)30-11-13-33-14-12-30/h1-8,15-17,32H,11-14H2,(H,27,28)(H,29,31). The van der Waals surface area contributed by atoms with Gasteiger partial charge < -0.3 is 14.6 Å². The summed E-state index contributed by atoms with van der Waals surface area (Å²) in [5, 5.41) is 8.93. The smallest absolute Gasteiger partial charge is 0.274 e. The molecule has 0 spiro atoms. The number of hydrogen-bond donors (Lipinski definition) is 3. The van der Waals surface area contributed by atoms with Gasteiger partial charge in [0, 0.05) is 29.8 Å². The monoisotopic (exact) mass is 438 g/mol. The number of carbonyl (C=O) groups is 1. The Hall–Kier alpha value is -4.12. The summed E-state index contributed by atoms with van der Waals surface area (Å²) >= 11 is 0. The van der Waals surface area contributed by atoms with Crippen LogP contribution in [-0.2, 0) is 4.74 Å². The first kappa shape index (κ1) is 20.8. The van der Waals surface area contributed by atoms with Crippen LogP contribution in [0.3, 0.4) is 0 Å². The molecule has 1 aliphatic rings. The van der Waals surface area contributed by atoms with Crippen molar-refractivity contribution in [1.82, 2.24) is 15.4 Å². The summed E-state index contributed by atoms with van der Waals surface area (Å²) in [5.41, 5.74) is 7.33. The van der Waals surface area contributed by atoms with Crippen LogP contribution in [0, 0.1) is 11.8 Å². The van der Waals surface area contributed by atoms with Crippen LogP contribution in [0.4, 0.5) is 5.69 Å². The molecule has 4 aromatic rings. The largest absolute Gasteiger partial charge is 0.378 e. The van der Waals surface area contributed by atoms with E-state index in [2.05, 4.69) is 27.8 Å². The Balaban J connectivity index is 1.59. The number of nitrogens with zero attached hydrogens (tertiary/aromatic N) is 2. The van der Waals surface area contributed by atoms with Gasteiger partial charge in [-0.25, -0.2) is 10.5 Å². The molecule has 164 valence electrons. The van der Waals surface area contributed by atoms with Gasteiger partial charge in [-0.3, -0.25) is 10.0 Å². The molecule has 1 aromatic heterocycles. The molecule has 3 aromatic carbocycles. The van der Waals surface area contributed by atoms with E-state index in [1.807, 2.05) is 42.5 Å². The number of rotatable bonds is 3. The molecule has 7 nitrogen and oxygen atoms in total. The highest BCUT2D eigenvalue weighted by molar-refractivity contribution is 5.94. The van der Waals surface area contributed by atoms with Crippen molar-refractivity contribution in [1.29, 1.82) is 0 Å². The van der Waals surface area contributed by atoms with E-state index in [0.717, 1.165) is 46.5 Å².